The zero-order chi connectivity index (χ0) is 9.30. The van der Waals surface area contributed by atoms with Crippen LogP contribution in [0.2, 0.25) is 15.1 Å². The van der Waals surface area contributed by atoms with Crippen LogP contribution in [0, 0.1) is 0 Å². The minimum Gasteiger partial charge on any atom is -0.366 e. The van der Waals surface area contributed by atoms with Gasteiger partial charge in [0.2, 0.25) is 5.91 Å². The van der Waals surface area contributed by atoms with Gasteiger partial charge in [0.15, 0.2) is 0 Å². The summed E-state index contributed by atoms with van der Waals surface area (Å²) in [7, 11) is 0. The molecule has 0 aromatic heterocycles. The molecule has 2 N–H and O–H groups in total. The molecule has 0 aliphatic heterocycles. The van der Waals surface area contributed by atoms with Gasteiger partial charge in [-0.2, -0.15) is 0 Å². The van der Waals surface area contributed by atoms with E-state index in [1.807, 2.05) is 0 Å². The van der Waals surface area contributed by atoms with Crippen molar-refractivity contribution in [2.75, 3.05) is 0 Å². The van der Waals surface area contributed by atoms with Crippen molar-refractivity contribution < 1.29 is 4.79 Å². The van der Waals surface area contributed by atoms with Gasteiger partial charge in [0.05, 0.1) is 15.6 Å². The molecule has 0 saturated carbocycles. The predicted octanol–water partition coefficient (Wildman–Crippen LogP) is 2.75. The Morgan fingerprint density at radius 3 is 2.33 bits per heavy atom. The van der Waals surface area contributed by atoms with Crippen molar-refractivity contribution in [2.45, 2.75) is 0 Å². The molecule has 0 aliphatic carbocycles. The lowest BCUT2D eigenvalue weighted by molar-refractivity contribution is 0.100. The number of primary amides is 1. The maximum Gasteiger partial charge on any atom is 0.250 e. The molecule has 1 aromatic rings. The van der Waals surface area contributed by atoms with Crippen molar-refractivity contribution in [3.63, 3.8) is 0 Å². The molecule has 0 spiro atoms. The first-order valence-corrected chi connectivity index (χ1v) is 4.10. The van der Waals surface area contributed by atoms with Gasteiger partial charge in [-0.05, 0) is 12.1 Å². The van der Waals surface area contributed by atoms with E-state index >= 15 is 0 Å². The van der Waals surface area contributed by atoms with Crippen molar-refractivity contribution in [3.05, 3.63) is 32.8 Å². The molecule has 0 fully saturated rings. The molecular formula is C7H4Cl3NO. The second kappa shape index (κ2) is 3.52. The van der Waals surface area contributed by atoms with Crippen LogP contribution >= 0.6 is 34.8 Å². The molecule has 0 heterocycles. The number of halogens is 3. The Labute approximate surface area is 84.2 Å². The van der Waals surface area contributed by atoms with Crippen LogP contribution in [-0.2, 0) is 0 Å². The average molecular weight is 224 g/mol. The van der Waals surface area contributed by atoms with Gasteiger partial charge >= 0.3 is 0 Å². The van der Waals surface area contributed by atoms with Gasteiger partial charge in [-0.1, -0.05) is 34.8 Å². The van der Waals surface area contributed by atoms with E-state index in [0.717, 1.165) is 0 Å². The number of amides is 1. The lowest BCUT2D eigenvalue weighted by Crippen LogP contribution is -2.11. The van der Waals surface area contributed by atoms with E-state index in [-0.39, 0.29) is 15.6 Å². The largest absolute Gasteiger partial charge is 0.366 e. The van der Waals surface area contributed by atoms with Crippen LogP contribution in [0.3, 0.4) is 0 Å². The van der Waals surface area contributed by atoms with Crippen LogP contribution in [0.5, 0.6) is 0 Å². The van der Waals surface area contributed by atoms with Gasteiger partial charge in [-0.15, -0.1) is 0 Å². The zero-order valence-corrected chi connectivity index (χ0v) is 8.04. The number of hydrogen-bond acceptors (Lipinski definition) is 1. The minimum absolute atomic E-state index is 0.133. The number of carbonyl (C=O) groups excluding carboxylic acids is 1. The minimum atomic E-state index is -0.649. The highest BCUT2D eigenvalue weighted by molar-refractivity contribution is 6.45. The summed E-state index contributed by atoms with van der Waals surface area (Å²) < 4.78 is 0. The van der Waals surface area contributed by atoms with Gasteiger partial charge < -0.3 is 5.73 Å². The van der Waals surface area contributed by atoms with Crippen LogP contribution in [0.1, 0.15) is 10.4 Å². The molecule has 1 aromatic carbocycles. The molecular weight excluding hydrogens is 220 g/mol. The van der Waals surface area contributed by atoms with Crippen molar-refractivity contribution in [1.29, 1.82) is 0 Å². The SMILES string of the molecule is NC(=O)c1cc(Cl)cc(Cl)c1Cl. The first kappa shape index (κ1) is 9.65. The highest BCUT2D eigenvalue weighted by Crippen LogP contribution is 2.29. The Morgan fingerprint density at radius 2 is 1.83 bits per heavy atom. The number of hydrogen-bond donors (Lipinski definition) is 1. The number of benzene rings is 1. The molecule has 2 nitrogen and oxygen atoms in total. The molecule has 1 rings (SSSR count). The summed E-state index contributed by atoms with van der Waals surface area (Å²) in [4.78, 5) is 10.7. The zero-order valence-electron chi connectivity index (χ0n) is 5.77. The fourth-order valence-corrected chi connectivity index (χ4v) is 1.43. The summed E-state index contributed by atoms with van der Waals surface area (Å²) in [5.41, 5.74) is 5.15. The smallest absolute Gasteiger partial charge is 0.250 e. The van der Waals surface area contributed by atoms with E-state index in [4.69, 9.17) is 40.5 Å². The summed E-state index contributed by atoms with van der Waals surface area (Å²) in [6.07, 6.45) is 0. The Hall–Kier alpha value is -0.440. The fourth-order valence-electron chi connectivity index (χ4n) is 0.735. The van der Waals surface area contributed by atoms with Crippen molar-refractivity contribution in [1.82, 2.24) is 0 Å². The Kier molecular flexibility index (Phi) is 2.83. The number of rotatable bonds is 1. The van der Waals surface area contributed by atoms with Gasteiger partial charge in [0.25, 0.3) is 0 Å². The molecule has 1 amide bonds. The Balaban J connectivity index is 3.37. The monoisotopic (exact) mass is 223 g/mol. The second-order valence-corrected chi connectivity index (χ2v) is 3.34. The molecule has 12 heavy (non-hydrogen) atoms. The topological polar surface area (TPSA) is 43.1 Å². The first-order valence-electron chi connectivity index (χ1n) is 2.96. The summed E-state index contributed by atoms with van der Waals surface area (Å²) in [6.45, 7) is 0. The third-order valence-corrected chi connectivity index (χ3v) is 2.28. The van der Waals surface area contributed by atoms with E-state index in [1.165, 1.54) is 12.1 Å². The van der Waals surface area contributed by atoms with E-state index in [2.05, 4.69) is 0 Å². The first-order chi connectivity index (χ1) is 5.52. The lowest BCUT2D eigenvalue weighted by atomic mass is 10.2. The Morgan fingerprint density at radius 1 is 1.25 bits per heavy atom. The molecule has 0 atom stereocenters. The summed E-state index contributed by atoms with van der Waals surface area (Å²) in [5, 5.41) is 0.685. The normalized spacial score (nSPS) is 9.92. The van der Waals surface area contributed by atoms with Crippen LogP contribution in [0.15, 0.2) is 12.1 Å². The third kappa shape index (κ3) is 1.83. The van der Waals surface area contributed by atoms with Crippen LogP contribution < -0.4 is 5.73 Å². The molecule has 0 saturated heterocycles. The van der Waals surface area contributed by atoms with E-state index in [1.54, 1.807) is 0 Å². The van der Waals surface area contributed by atoms with Crippen LogP contribution in [-0.4, -0.2) is 5.91 Å². The molecule has 0 unspecified atom stereocenters. The van der Waals surface area contributed by atoms with E-state index < -0.39 is 5.91 Å². The second-order valence-electron chi connectivity index (χ2n) is 2.11. The van der Waals surface area contributed by atoms with Crippen molar-refractivity contribution in [3.8, 4) is 0 Å². The van der Waals surface area contributed by atoms with E-state index in [0.29, 0.717) is 5.02 Å². The molecule has 0 aliphatic rings. The maximum absolute atomic E-state index is 10.7. The Bertz CT molecular complexity index is 338. The van der Waals surface area contributed by atoms with Crippen molar-refractivity contribution in [2.24, 2.45) is 5.73 Å². The lowest BCUT2D eigenvalue weighted by Gasteiger charge is -2.01. The molecule has 0 bridgehead atoms. The van der Waals surface area contributed by atoms with Gasteiger partial charge in [0.1, 0.15) is 0 Å². The maximum atomic E-state index is 10.7. The molecule has 0 radical (unpaired) electrons. The van der Waals surface area contributed by atoms with Gasteiger partial charge in [-0.25, -0.2) is 0 Å². The van der Waals surface area contributed by atoms with Gasteiger partial charge in [-0.3, -0.25) is 4.79 Å². The highest BCUT2D eigenvalue weighted by Gasteiger charge is 2.10. The third-order valence-electron chi connectivity index (χ3n) is 1.26. The van der Waals surface area contributed by atoms with Crippen LogP contribution in [0.4, 0.5) is 0 Å². The highest BCUT2D eigenvalue weighted by atomic mass is 35.5. The number of carbonyl (C=O) groups is 1. The quantitative estimate of drug-likeness (QED) is 0.732. The van der Waals surface area contributed by atoms with Crippen LogP contribution in [0.25, 0.3) is 0 Å². The van der Waals surface area contributed by atoms with E-state index in [9.17, 15) is 4.79 Å². The van der Waals surface area contributed by atoms with Gasteiger partial charge in [0, 0.05) is 5.02 Å². The molecule has 5 heteroatoms. The summed E-state index contributed by atoms with van der Waals surface area (Å²) in [6, 6.07) is 2.82. The average Bonchev–Trinajstić information content (AvgIpc) is 1.96. The molecule has 64 valence electrons. The number of nitrogens with two attached hydrogens (primary N) is 1. The fraction of sp³-hybridized carbons (Fsp3) is 0. The summed E-state index contributed by atoms with van der Waals surface area (Å²) >= 11 is 16.9. The predicted molar refractivity (Wildman–Crippen MR) is 50.0 cm³/mol. The van der Waals surface area contributed by atoms with Crippen molar-refractivity contribution >= 4 is 40.7 Å². The standard InChI is InChI=1S/C7H4Cl3NO/c8-3-1-4(7(11)12)6(10)5(9)2-3/h1-2H,(H2,11,12). The summed E-state index contributed by atoms with van der Waals surface area (Å²) in [5.74, 6) is -0.649.